The number of nitrogens with two attached hydrogens (primary N) is 1. The van der Waals surface area contributed by atoms with Gasteiger partial charge in [0.2, 0.25) is 0 Å². The molecule has 0 unspecified atom stereocenters. The Morgan fingerprint density at radius 1 is 1.41 bits per heavy atom. The van der Waals surface area contributed by atoms with Crippen molar-refractivity contribution in [2.45, 2.75) is 25.4 Å². The predicted octanol–water partition coefficient (Wildman–Crippen LogP) is 1.90. The maximum absolute atomic E-state index is 13.9. The van der Waals surface area contributed by atoms with Gasteiger partial charge < -0.3 is 15.4 Å². The fraction of sp³-hybridized carbons (Fsp3) is 0.538. The number of anilines is 1. The number of rotatable bonds is 3. The third-order valence-electron chi connectivity index (χ3n) is 3.38. The smallest absolute Gasteiger partial charge is 0.146 e. The summed E-state index contributed by atoms with van der Waals surface area (Å²) in [6.07, 6.45) is 1.88. The van der Waals surface area contributed by atoms with Crippen LogP contribution in [0, 0.1) is 5.82 Å². The van der Waals surface area contributed by atoms with E-state index in [4.69, 9.17) is 10.5 Å². The van der Waals surface area contributed by atoms with Gasteiger partial charge in [-0.05, 0) is 24.5 Å². The molecule has 0 atom stereocenters. The minimum absolute atomic E-state index is 0.193. The van der Waals surface area contributed by atoms with Gasteiger partial charge in [-0.3, -0.25) is 0 Å². The topological polar surface area (TPSA) is 38.5 Å². The van der Waals surface area contributed by atoms with Crippen LogP contribution in [0.3, 0.4) is 0 Å². The first-order valence-corrected chi connectivity index (χ1v) is 6.02. The number of nitrogens with zero attached hydrogens (tertiary/aromatic N) is 1. The molecular formula is C13H19FN2O. The molecule has 1 aromatic carbocycles. The summed E-state index contributed by atoms with van der Waals surface area (Å²) in [5.74, 6) is -0.193. The number of hydrogen-bond donors (Lipinski definition) is 1. The van der Waals surface area contributed by atoms with Crippen LogP contribution in [0.25, 0.3) is 0 Å². The summed E-state index contributed by atoms with van der Waals surface area (Å²) in [6, 6.07) is 5.42. The second-order valence-electron chi connectivity index (χ2n) is 4.41. The Bertz CT molecular complexity index is 378. The summed E-state index contributed by atoms with van der Waals surface area (Å²) >= 11 is 0. The molecule has 0 aromatic heterocycles. The lowest BCUT2D eigenvalue weighted by Crippen LogP contribution is -2.37. The van der Waals surface area contributed by atoms with Gasteiger partial charge in [0.15, 0.2) is 0 Å². The van der Waals surface area contributed by atoms with Crippen molar-refractivity contribution in [3.8, 4) is 0 Å². The maximum atomic E-state index is 13.9. The molecule has 0 amide bonds. The van der Waals surface area contributed by atoms with Gasteiger partial charge in [-0.1, -0.05) is 12.1 Å². The minimum Gasteiger partial charge on any atom is -0.381 e. The lowest BCUT2D eigenvalue weighted by molar-refractivity contribution is 0.0853. The van der Waals surface area contributed by atoms with Crippen LogP contribution >= 0.6 is 0 Å². The summed E-state index contributed by atoms with van der Waals surface area (Å²) in [6.45, 7) is 1.86. The molecule has 2 N–H and O–H groups in total. The minimum atomic E-state index is -0.193. The van der Waals surface area contributed by atoms with Gasteiger partial charge in [0.05, 0.1) is 5.69 Å². The highest BCUT2D eigenvalue weighted by atomic mass is 19.1. The monoisotopic (exact) mass is 238 g/mol. The van der Waals surface area contributed by atoms with E-state index < -0.39 is 0 Å². The molecule has 94 valence electrons. The Morgan fingerprint density at radius 3 is 2.76 bits per heavy atom. The molecule has 1 heterocycles. The molecule has 0 bridgehead atoms. The van der Waals surface area contributed by atoms with Crippen LogP contribution in [-0.2, 0) is 11.3 Å². The van der Waals surface area contributed by atoms with Crippen molar-refractivity contribution < 1.29 is 9.13 Å². The number of para-hydroxylation sites is 1. The Hall–Kier alpha value is -1.13. The predicted molar refractivity (Wildman–Crippen MR) is 66.5 cm³/mol. The Balaban J connectivity index is 2.25. The van der Waals surface area contributed by atoms with Crippen molar-refractivity contribution in [1.82, 2.24) is 0 Å². The Labute approximate surface area is 101 Å². The zero-order valence-electron chi connectivity index (χ0n) is 10.2. The van der Waals surface area contributed by atoms with Crippen molar-refractivity contribution in [2.24, 2.45) is 5.73 Å². The van der Waals surface area contributed by atoms with Crippen LogP contribution in [0.1, 0.15) is 18.4 Å². The fourth-order valence-electron chi connectivity index (χ4n) is 2.37. The van der Waals surface area contributed by atoms with Gasteiger partial charge >= 0.3 is 0 Å². The average molecular weight is 238 g/mol. The Kier molecular flexibility index (Phi) is 3.97. The highest BCUT2D eigenvalue weighted by molar-refractivity contribution is 5.55. The SMILES string of the molecule is CN(c1c(F)cccc1CN)C1CCOCC1. The zero-order chi connectivity index (χ0) is 12.3. The number of halogens is 1. The maximum Gasteiger partial charge on any atom is 0.146 e. The molecular weight excluding hydrogens is 219 g/mol. The molecule has 1 aromatic rings. The first kappa shape index (κ1) is 12.3. The van der Waals surface area contributed by atoms with E-state index >= 15 is 0 Å². The summed E-state index contributed by atoms with van der Waals surface area (Å²) in [4.78, 5) is 2.01. The van der Waals surface area contributed by atoms with Gasteiger partial charge in [-0.2, -0.15) is 0 Å². The summed E-state index contributed by atoms with van der Waals surface area (Å²) in [5, 5.41) is 0. The lowest BCUT2D eigenvalue weighted by Gasteiger charge is -2.34. The first-order chi connectivity index (χ1) is 8.24. The van der Waals surface area contributed by atoms with Crippen molar-refractivity contribution >= 4 is 5.69 Å². The number of benzene rings is 1. The summed E-state index contributed by atoms with van der Waals surface area (Å²) < 4.78 is 19.2. The van der Waals surface area contributed by atoms with Gasteiger partial charge in [-0.15, -0.1) is 0 Å². The van der Waals surface area contributed by atoms with Gasteiger partial charge in [0.25, 0.3) is 0 Å². The second kappa shape index (κ2) is 5.47. The third-order valence-corrected chi connectivity index (χ3v) is 3.38. The van der Waals surface area contributed by atoms with E-state index in [1.165, 1.54) is 6.07 Å². The lowest BCUT2D eigenvalue weighted by atomic mass is 10.0. The molecule has 3 nitrogen and oxygen atoms in total. The molecule has 0 spiro atoms. The largest absolute Gasteiger partial charge is 0.381 e. The first-order valence-electron chi connectivity index (χ1n) is 6.02. The number of ether oxygens (including phenoxy) is 1. The molecule has 1 aliphatic rings. The average Bonchev–Trinajstić information content (AvgIpc) is 2.38. The number of hydrogen-bond acceptors (Lipinski definition) is 3. The highest BCUT2D eigenvalue weighted by Gasteiger charge is 2.22. The molecule has 1 saturated heterocycles. The molecule has 0 saturated carbocycles. The zero-order valence-corrected chi connectivity index (χ0v) is 10.2. The van der Waals surface area contributed by atoms with Gasteiger partial charge in [0.1, 0.15) is 5.82 Å². The standard InChI is InChI=1S/C13H19FN2O/c1-16(11-5-7-17-8-6-11)13-10(9-15)3-2-4-12(13)14/h2-4,11H,5-9,15H2,1H3. The summed E-state index contributed by atoms with van der Waals surface area (Å²) in [5.41, 5.74) is 7.17. The van der Waals surface area contributed by atoms with Crippen LogP contribution in [-0.4, -0.2) is 26.3 Å². The normalized spacial score (nSPS) is 17.1. The van der Waals surface area contributed by atoms with E-state index in [0.29, 0.717) is 18.3 Å². The van der Waals surface area contributed by atoms with E-state index in [9.17, 15) is 4.39 Å². The van der Waals surface area contributed by atoms with Crippen LogP contribution in [0.5, 0.6) is 0 Å². The molecule has 17 heavy (non-hydrogen) atoms. The molecule has 0 aliphatic carbocycles. The fourth-order valence-corrected chi connectivity index (χ4v) is 2.37. The van der Waals surface area contributed by atoms with Gasteiger partial charge in [0, 0.05) is 32.8 Å². The van der Waals surface area contributed by atoms with E-state index in [0.717, 1.165) is 31.6 Å². The molecule has 1 aliphatic heterocycles. The third kappa shape index (κ3) is 2.58. The van der Waals surface area contributed by atoms with E-state index in [2.05, 4.69) is 0 Å². The highest BCUT2D eigenvalue weighted by Crippen LogP contribution is 2.27. The van der Waals surface area contributed by atoms with E-state index in [1.807, 2.05) is 18.0 Å². The van der Waals surface area contributed by atoms with Crippen molar-refractivity contribution in [3.63, 3.8) is 0 Å². The molecule has 0 radical (unpaired) electrons. The van der Waals surface area contributed by atoms with Crippen molar-refractivity contribution in [3.05, 3.63) is 29.6 Å². The van der Waals surface area contributed by atoms with Crippen LogP contribution in [0.2, 0.25) is 0 Å². The quantitative estimate of drug-likeness (QED) is 0.874. The molecule has 2 rings (SSSR count). The summed E-state index contributed by atoms with van der Waals surface area (Å²) in [7, 11) is 1.94. The van der Waals surface area contributed by atoms with E-state index in [-0.39, 0.29) is 5.82 Å². The molecule has 4 heteroatoms. The van der Waals surface area contributed by atoms with Crippen LogP contribution in [0.15, 0.2) is 18.2 Å². The molecule has 1 fully saturated rings. The van der Waals surface area contributed by atoms with Crippen LogP contribution < -0.4 is 10.6 Å². The van der Waals surface area contributed by atoms with Gasteiger partial charge in [-0.25, -0.2) is 4.39 Å². The second-order valence-corrected chi connectivity index (χ2v) is 4.41. The van der Waals surface area contributed by atoms with E-state index in [1.54, 1.807) is 6.07 Å². The van der Waals surface area contributed by atoms with Crippen LogP contribution in [0.4, 0.5) is 10.1 Å². The Morgan fingerprint density at radius 2 is 2.12 bits per heavy atom. The van der Waals surface area contributed by atoms with Crippen molar-refractivity contribution in [2.75, 3.05) is 25.2 Å². The van der Waals surface area contributed by atoms with Crippen molar-refractivity contribution in [1.29, 1.82) is 0 Å².